The number of nitrogens with zero attached hydrogens (tertiary/aromatic N) is 1. The van der Waals surface area contributed by atoms with Gasteiger partial charge in [0.25, 0.3) is 0 Å². The van der Waals surface area contributed by atoms with Crippen molar-refractivity contribution in [3.8, 4) is 0 Å². The zero-order chi connectivity index (χ0) is 10.3. The van der Waals surface area contributed by atoms with Crippen LogP contribution in [0.3, 0.4) is 0 Å². The lowest BCUT2D eigenvalue weighted by molar-refractivity contribution is -0.142. The third-order valence-electron chi connectivity index (χ3n) is 4.12. The molecule has 0 radical (unpaired) electrons. The fraction of sp³-hybridized carbons (Fsp3) is 0.909. The average Bonchev–Trinajstić information content (AvgIpc) is 2.46. The van der Waals surface area contributed by atoms with E-state index in [1.807, 2.05) is 0 Å². The number of rotatable bonds is 2. The van der Waals surface area contributed by atoms with Gasteiger partial charge >= 0.3 is 5.97 Å². The third kappa shape index (κ3) is 1.44. The zero-order valence-corrected chi connectivity index (χ0v) is 8.94. The molecule has 4 unspecified atom stereocenters. The van der Waals surface area contributed by atoms with Crippen LogP contribution in [0.4, 0.5) is 0 Å². The molecule has 0 bridgehead atoms. The summed E-state index contributed by atoms with van der Waals surface area (Å²) in [6, 6.07) is 0.898. The molecular formula is C11H19NO2. The lowest BCUT2D eigenvalue weighted by Crippen LogP contribution is -2.48. The van der Waals surface area contributed by atoms with Crippen molar-refractivity contribution < 1.29 is 9.90 Å². The van der Waals surface area contributed by atoms with Gasteiger partial charge in [0.05, 0.1) is 5.92 Å². The average molecular weight is 197 g/mol. The Balaban J connectivity index is 1.99. The predicted octanol–water partition coefficient (Wildman–Crippen LogP) is 1.58. The van der Waals surface area contributed by atoms with Crippen LogP contribution >= 0.6 is 0 Å². The number of carboxylic acids is 1. The first-order valence-electron chi connectivity index (χ1n) is 5.60. The van der Waals surface area contributed by atoms with E-state index in [4.69, 9.17) is 5.11 Å². The topological polar surface area (TPSA) is 40.5 Å². The highest BCUT2D eigenvalue weighted by atomic mass is 16.4. The molecule has 1 N–H and O–H groups in total. The minimum absolute atomic E-state index is 0.136. The molecule has 0 amide bonds. The van der Waals surface area contributed by atoms with Gasteiger partial charge in [-0.2, -0.15) is 0 Å². The van der Waals surface area contributed by atoms with Crippen molar-refractivity contribution in [3.05, 3.63) is 0 Å². The van der Waals surface area contributed by atoms with Crippen molar-refractivity contribution in [3.63, 3.8) is 0 Å². The van der Waals surface area contributed by atoms with Crippen LogP contribution < -0.4 is 0 Å². The number of hydrogen-bond donors (Lipinski definition) is 1. The Morgan fingerprint density at radius 3 is 2.36 bits per heavy atom. The van der Waals surface area contributed by atoms with Crippen molar-refractivity contribution in [1.82, 2.24) is 4.90 Å². The molecule has 1 aliphatic heterocycles. The summed E-state index contributed by atoms with van der Waals surface area (Å²) in [5, 5.41) is 9.01. The van der Waals surface area contributed by atoms with E-state index in [9.17, 15) is 4.79 Å². The molecule has 2 aliphatic rings. The van der Waals surface area contributed by atoms with E-state index in [0.29, 0.717) is 6.04 Å². The molecule has 1 saturated carbocycles. The molecule has 1 saturated heterocycles. The Labute approximate surface area is 85.1 Å². The van der Waals surface area contributed by atoms with E-state index < -0.39 is 5.97 Å². The van der Waals surface area contributed by atoms with Gasteiger partial charge in [-0.15, -0.1) is 0 Å². The zero-order valence-electron chi connectivity index (χ0n) is 8.94. The minimum atomic E-state index is -0.619. The first kappa shape index (κ1) is 9.97. The van der Waals surface area contributed by atoms with Gasteiger partial charge in [0.15, 0.2) is 0 Å². The summed E-state index contributed by atoms with van der Waals surface area (Å²) < 4.78 is 0. The summed E-state index contributed by atoms with van der Waals surface area (Å²) in [7, 11) is 0. The molecule has 2 fully saturated rings. The maximum Gasteiger partial charge on any atom is 0.308 e. The second kappa shape index (κ2) is 3.54. The molecule has 1 heterocycles. The fourth-order valence-electron chi connectivity index (χ4n) is 2.90. The summed E-state index contributed by atoms with van der Waals surface area (Å²) in [4.78, 5) is 13.4. The lowest BCUT2D eigenvalue weighted by atomic mass is 9.79. The standard InChI is InChI=1S/C11H19NO2/c1-7-3-4-10(7)12-6-5-9(8(12)2)11(13)14/h7-10H,3-6H2,1-2H3,(H,13,14). The Hall–Kier alpha value is -0.570. The molecule has 0 spiro atoms. The first-order chi connectivity index (χ1) is 6.61. The van der Waals surface area contributed by atoms with Gasteiger partial charge in [-0.1, -0.05) is 6.92 Å². The highest BCUT2D eigenvalue weighted by Crippen LogP contribution is 2.37. The number of hydrogen-bond acceptors (Lipinski definition) is 2. The van der Waals surface area contributed by atoms with Gasteiger partial charge in [0, 0.05) is 12.1 Å². The van der Waals surface area contributed by atoms with Crippen LogP contribution in [0, 0.1) is 11.8 Å². The van der Waals surface area contributed by atoms with Crippen LogP contribution in [-0.4, -0.2) is 34.6 Å². The number of likely N-dealkylation sites (tertiary alicyclic amines) is 1. The molecule has 4 atom stereocenters. The summed E-state index contributed by atoms with van der Waals surface area (Å²) in [6.07, 6.45) is 3.41. The summed E-state index contributed by atoms with van der Waals surface area (Å²) >= 11 is 0. The SMILES string of the molecule is CC1CCC1N1CCC(C(=O)O)C1C. The van der Waals surface area contributed by atoms with E-state index in [1.54, 1.807) is 0 Å². The Bertz CT molecular complexity index is 241. The number of carbonyl (C=O) groups is 1. The van der Waals surface area contributed by atoms with Crippen molar-refractivity contribution in [1.29, 1.82) is 0 Å². The van der Waals surface area contributed by atoms with Gasteiger partial charge in [-0.3, -0.25) is 9.69 Å². The van der Waals surface area contributed by atoms with Gasteiger partial charge < -0.3 is 5.11 Å². The molecule has 0 aromatic carbocycles. The predicted molar refractivity (Wildman–Crippen MR) is 54.1 cm³/mol. The molecular weight excluding hydrogens is 178 g/mol. The van der Waals surface area contributed by atoms with Crippen molar-refractivity contribution in [2.75, 3.05) is 6.54 Å². The van der Waals surface area contributed by atoms with Crippen LogP contribution in [0.2, 0.25) is 0 Å². The first-order valence-corrected chi connectivity index (χ1v) is 5.60. The summed E-state index contributed by atoms with van der Waals surface area (Å²) in [5.74, 6) is 0.0137. The van der Waals surface area contributed by atoms with Crippen LogP contribution in [0.5, 0.6) is 0 Å². The van der Waals surface area contributed by atoms with Crippen molar-refractivity contribution in [2.24, 2.45) is 11.8 Å². The lowest BCUT2D eigenvalue weighted by Gasteiger charge is -2.43. The smallest absolute Gasteiger partial charge is 0.308 e. The quantitative estimate of drug-likeness (QED) is 0.730. The maximum absolute atomic E-state index is 10.9. The summed E-state index contributed by atoms with van der Waals surface area (Å²) in [6.45, 7) is 5.32. The van der Waals surface area contributed by atoms with Gasteiger partial charge in [-0.25, -0.2) is 0 Å². The monoisotopic (exact) mass is 197 g/mol. The van der Waals surface area contributed by atoms with E-state index in [0.717, 1.165) is 18.9 Å². The van der Waals surface area contributed by atoms with Gasteiger partial charge in [0.2, 0.25) is 0 Å². The van der Waals surface area contributed by atoms with Crippen LogP contribution in [-0.2, 0) is 4.79 Å². The van der Waals surface area contributed by atoms with Crippen molar-refractivity contribution >= 4 is 5.97 Å². The second-order valence-corrected chi connectivity index (χ2v) is 4.83. The molecule has 3 heteroatoms. The highest BCUT2D eigenvalue weighted by molar-refractivity contribution is 5.71. The van der Waals surface area contributed by atoms with E-state index in [2.05, 4.69) is 18.7 Å². The molecule has 14 heavy (non-hydrogen) atoms. The highest BCUT2D eigenvalue weighted by Gasteiger charge is 2.42. The van der Waals surface area contributed by atoms with Crippen LogP contribution in [0.25, 0.3) is 0 Å². The van der Waals surface area contributed by atoms with Crippen LogP contribution in [0.15, 0.2) is 0 Å². The normalized spacial score (nSPS) is 43.6. The molecule has 2 rings (SSSR count). The van der Waals surface area contributed by atoms with E-state index in [-0.39, 0.29) is 12.0 Å². The van der Waals surface area contributed by atoms with E-state index in [1.165, 1.54) is 12.8 Å². The maximum atomic E-state index is 10.9. The number of aliphatic carboxylic acids is 1. The van der Waals surface area contributed by atoms with Crippen LogP contribution in [0.1, 0.15) is 33.1 Å². The van der Waals surface area contributed by atoms with Gasteiger partial charge in [0.1, 0.15) is 0 Å². The Kier molecular flexibility index (Phi) is 2.52. The molecule has 0 aromatic rings. The molecule has 3 nitrogen and oxygen atoms in total. The van der Waals surface area contributed by atoms with Gasteiger partial charge in [-0.05, 0) is 38.6 Å². The van der Waals surface area contributed by atoms with E-state index >= 15 is 0 Å². The largest absolute Gasteiger partial charge is 0.481 e. The summed E-state index contributed by atoms with van der Waals surface area (Å²) in [5.41, 5.74) is 0. The van der Waals surface area contributed by atoms with Crippen molar-refractivity contribution in [2.45, 2.75) is 45.2 Å². The third-order valence-corrected chi connectivity index (χ3v) is 4.12. The molecule has 1 aliphatic carbocycles. The minimum Gasteiger partial charge on any atom is -0.481 e. The Morgan fingerprint density at radius 1 is 1.29 bits per heavy atom. The Morgan fingerprint density at radius 2 is 2.00 bits per heavy atom. The number of carboxylic acid groups (broad SMARTS) is 1. The molecule has 0 aromatic heterocycles. The fourth-order valence-corrected chi connectivity index (χ4v) is 2.90. The molecule has 80 valence electrons. The second-order valence-electron chi connectivity index (χ2n) is 4.83.